The van der Waals surface area contributed by atoms with Crippen molar-refractivity contribution in [1.29, 1.82) is 0 Å². The average molecular weight is 241 g/mol. The predicted octanol–water partition coefficient (Wildman–Crippen LogP) is 3.55. The second kappa shape index (κ2) is 3.01. The fourth-order valence-electron chi connectivity index (χ4n) is 3.63. The number of likely N-dealkylation sites (N-methyl/N-ethyl adjacent to an activating group) is 1. The SMILES string of the molecule is CN1C2Cc3sccc3C1(C)c1ccccc12. The number of thiophene rings is 1. The molecule has 2 aliphatic heterocycles. The molecule has 86 valence electrons. The molecular weight excluding hydrogens is 226 g/mol. The van der Waals surface area contributed by atoms with E-state index in [0.29, 0.717) is 6.04 Å². The van der Waals surface area contributed by atoms with Crippen molar-refractivity contribution in [2.75, 3.05) is 7.05 Å². The van der Waals surface area contributed by atoms with Gasteiger partial charge in [-0.2, -0.15) is 0 Å². The highest BCUT2D eigenvalue weighted by atomic mass is 32.1. The zero-order chi connectivity index (χ0) is 11.6. The van der Waals surface area contributed by atoms with Crippen molar-refractivity contribution >= 4 is 11.3 Å². The van der Waals surface area contributed by atoms with Crippen LogP contribution in [-0.4, -0.2) is 11.9 Å². The quantitative estimate of drug-likeness (QED) is 0.681. The second-order valence-electron chi connectivity index (χ2n) is 5.25. The molecule has 0 saturated carbocycles. The molecule has 3 heterocycles. The summed E-state index contributed by atoms with van der Waals surface area (Å²) in [5, 5.41) is 2.24. The zero-order valence-corrected chi connectivity index (χ0v) is 10.9. The molecule has 2 aromatic rings. The van der Waals surface area contributed by atoms with Crippen LogP contribution in [0.4, 0.5) is 0 Å². The molecule has 0 saturated heterocycles. The number of hydrogen-bond donors (Lipinski definition) is 0. The first-order valence-electron chi connectivity index (χ1n) is 6.12. The lowest BCUT2D eigenvalue weighted by molar-refractivity contribution is 0.135. The van der Waals surface area contributed by atoms with Gasteiger partial charge in [-0.25, -0.2) is 0 Å². The van der Waals surface area contributed by atoms with Crippen LogP contribution >= 0.6 is 11.3 Å². The van der Waals surface area contributed by atoms with Crippen molar-refractivity contribution in [3.05, 3.63) is 57.3 Å². The zero-order valence-electron chi connectivity index (χ0n) is 10.1. The molecule has 0 radical (unpaired) electrons. The third-order valence-corrected chi connectivity index (χ3v) is 5.61. The molecule has 17 heavy (non-hydrogen) atoms. The normalized spacial score (nSPS) is 30.1. The lowest BCUT2D eigenvalue weighted by Gasteiger charge is -2.40. The molecule has 0 spiro atoms. The standard InChI is InChI=1S/C15H15NS/c1-15-11-6-4-3-5-10(11)13(16(15)2)9-14-12(15)7-8-17-14/h3-8,13H,9H2,1-2H3. The highest BCUT2D eigenvalue weighted by molar-refractivity contribution is 7.10. The van der Waals surface area contributed by atoms with Gasteiger partial charge in [-0.1, -0.05) is 24.3 Å². The van der Waals surface area contributed by atoms with E-state index in [2.05, 4.69) is 54.6 Å². The van der Waals surface area contributed by atoms with Crippen LogP contribution in [0.15, 0.2) is 35.7 Å². The molecule has 2 unspecified atom stereocenters. The van der Waals surface area contributed by atoms with Crippen LogP contribution < -0.4 is 0 Å². The van der Waals surface area contributed by atoms with Crippen molar-refractivity contribution in [2.24, 2.45) is 0 Å². The second-order valence-corrected chi connectivity index (χ2v) is 6.25. The Morgan fingerprint density at radius 2 is 2.06 bits per heavy atom. The van der Waals surface area contributed by atoms with Gasteiger partial charge in [0, 0.05) is 17.3 Å². The third kappa shape index (κ3) is 0.992. The number of rotatable bonds is 0. The summed E-state index contributed by atoms with van der Waals surface area (Å²) in [6, 6.07) is 11.8. The maximum absolute atomic E-state index is 2.55. The molecule has 0 aliphatic carbocycles. The Morgan fingerprint density at radius 3 is 2.94 bits per heavy atom. The van der Waals surface area contributed by atoms with Crippen molar-refractivity contribution < 1.29 is 0 Å². The molecule has 0 N–H and O–H groups in total. The van der Waals surface area contributed by atoms with Crippen molar-refractivity contribution in [3.63, 3.8) is 0 Å². The minimum Gasteiger partial charge on any atom is -0.286 e. The fraction of sp³-hybridized carbons (Fsp3) is 0.333. The Bertz CT molecular complexity index is 600. The predicted molar refractivity (Wildman–Crippen MR) is 71.4 cm³/mol. The van der Waals surface area contributed by atoms with Gasteiger partial charge < -0.3 is 0 Å². The molecular formula is C15H15NS. The van der Waals surface area contributed by atoms with Crippen LogP contribution in [-0.2, 0) is 12.0 Å². The molecule has 1 aromatic heterocycles. The Kier molecular flexibility index (Phi) is 1.74. The molecule has 1 aromatic carbocycles. The molecule has 2 bridgehead atoms. The summed E-state index contributed by atoms with van der Waals surface area (Å²) in [6.07, 6.45) is 1.18. The van der Waals surface area contributed by atoms with E-state index in [1.165, 1.54) is 23.1 Å². The topological polar surface area (TPSA) is 3.24 Å². The first-order valence-corrected chi connectivity index (χ1v) is 7.00. The lowest BCUT2D eigenvalue weighted by atomic mass is 9.84. The van der Waals surface area contributed by atoms with Crippen molar-refractivity contribution in [1.82, 2.24) is 4.90 Å². The fourth-order valence-corrected chi connectivity index (χ4v) is 4.65. The van der Waals surface area contributed by atoms with Gasteiger partial charge >= 0.3 is 0 Å². The first kappa shape index (κ1) is 9.86. The van der Waals surface area contributed by atoms with Gasteiger partial charge in [0.15, 0.2) is 0 Å². The van der Waals surface area contributed by atoms with Gasteiger partial charge in [0.1, 0.15) is 0 Å². The molecule has 2 aliphatic rings. The van der Waals surface area contributed by atoms with Crippen LogP contribution in [0, 0.1) is 0 Å². The third-order valence-electron chi connectivity index (χ3n) is 4.67. The van der Waals surface area contributed by atoms with Crippen LogP contribution in [0.25, 0.3) is 0 Å². The Morgan fingerprint density at radius 1 is 1.24 bits per heavy atom. The smallest absolute Gasteiger partial charge is 0.0703 e. The molecule has 4 rings (SSSR count). The van der Waals surface area contributed by atoms with Gasteiger partial charge in [-0.15, -0.1) is 11.3 Å². The molecule has 0 fully saturated rings. The van der Waals surface area contributed by atoms with E-state index in [9.17, 15) is 0 Å². The summed E-state index contributed by atoms with van der Waals surface area (Å²) in [4.78, 5) is 4.12. The summed E-state index contributed by atoms with van der Waals surface area (Å²) in [7, 11) is 2.27. The number of benzene rings is 1. The average Bonchev–Trinajstić information content (AvgIpc) is 2.87. The minimum absolute atomic E-state index is 0.0921. The Labute approximate surface area is 106 Å². The Hall–Kier alpha value is -1.12. The molecule has 2 heteroatoms. The van der Waals surface area contributed by atoms with Crippen LogP contribution in [0.3, 0.4) is 0 Å². The van der Waals surface area contributed by atoms with Crippen LogP contribution in [0.2, 0.25) is 0 Å². The van der Waals surface area contributed by atoms with E-state index < -0.39 is 0 Å². The first-order chi connectivity index (χ1) is 8.23. The van der Waals surface area contributed by atoms with Gasteiger partial charge in [0.2, 0.25) is 0 Å². The van der Waals surface area contributed by atoms with Crippen LogP contribution in [0.5, 0.6) is 0 Å². The summed E-state index contributed by atoms with van der Waals surface area (Å²) in [6.45, 7) is 2.37. The molecule has 2 atom stereocenters. The number of hydrogen-bond acceptors (Lipinski definition) is 2. The van der Waals surface area contributed by atoms with Gasteiger partial charge in [-0.3, -0.25) is 4.90 Å². The largest absolute Gasteiger partial charge is 0.286 e. The maximum Gasteiger partial charge on any atom is 0.0703 e. The van der Waals surface area contributed by atoms with E-state index in [1.54, 1.807) is 4.88 Å². The van der Waals surface area contributed by atoms with Gasteiger partial charge in [-0.05, 0) is 42.1 Å². The highest BCUT2D eigenvalue weighted by Crippen LogP contribution is 2.55. The van der Waals surface area contributed by atoms with Gasteiger partial charge in [0.05, 0.1) is 5.54 Å². The number of nitrogens with zero attached hydrogens (tertiary/aromatic N) is 1. The van der Waals surface area contributed by atoms with Crippen molar-refractivity contribution in [3.8, 4) is 0 Å². The van der Waals surface area contributed by atoms with E-state index >= 15 is 0 Å². The summed E-state index contributed by atoms with van der Waals surface area (Å²) in [5.41, 5.74) is 4.64. The highest BCUT2D eigenvalue weighted by Gasteiger charge is 2.50. The minimum atomic E-state index is 0.0921. The maximum atomic E-state index is 2.55. The lowest BCUT2D eigenvalue weighted by Crippen LogP contribution is -2.42. The molecule has 0 amide bonds. The number of fused-ring (bicyclic) bond motifs is 7. The van der Waals surface area contributed by atoms with Crippen molar-refractivity contribution in [2.45, 2.75) is 24.9 Å². The molecule has 1 nitrogen and oxygen atoms in total. The summed E-state index contributed by atoms with van der Waals surface area (Å²) >= 11 is 1.92. The van der Waals surface area contributed by atoms with Crippen LogP contribution in [0.1, 0.15) is 34.5 Å². The summed E-state index contributed by atoms with van der Waals surface area (Å²) in [5.74, 6) is 0. The Balaban J connectivity index is 2.09. The van der Waals surface area contributed by atoms with E-state index in [4.69, 9.17) is 0 Å². The van der Waals surface area contributed by atoms with E-state index in [-0.39, 0.29) is 5.54 Å². The summed E-state index contributed by atoms with van der Waals surface area (Å²) < 4.78 is 0. The van der Waals surface area contributed by atoms with Gasteiger partial charge in [0.25, 0.3) is 0 Å². The monoisotopic (exact) mass is 241 g/mol. The van der Waals surface area contributed by atoms with E-state index in [1.807, 2.05) is 11.3 Å². The van der Waals surface area contributed by atoms with E-state index in [0.717, 1.165) is 0 Å².